The van der Waals surface area contributed by atoms with Crippen molar-refractivity contribution in [1.29, 1.82) is 0 Å². The second-order valence-corrected chi connectivity index (χ2v) is 8.52. The number of thioether (sulfide) groups is 1. The molecule has 0 saturated carbocycles. The SMILES string of the molecule is Cc1cccc(-n2c(CC3CC(=O)NC(=O)N3)nnc2SCC(=O)N2CCCC2)c1. The number of aromatic nitrogens is 3. The minimum Gasteiger partial charge on any atom is -0.342 e. The summed E-state index contributed by atoms with van der Waals surface area (Å²) in [6.45, 7) is 3.64. The number of likely N-dealkylation sites (tertiary alicyclic amines) is 1. The van der Waals surface area contributed by atoms with Crippen molar-refractivity contribution in [3.8, 4) is 5.69 Å². The first kappa shape index (κ1) is 20.4. The van der Waals surface area contributed by atoms with E-state index in [1.807, 2.05) is 40.7 Å². The van der Waals surface area contributed by atoms with Crippen molar-refractivity contribution >= 4 is 29.6 Å². The normalized spacial score (nSPS) is 19.0. The molecule has 4 amide bonds. The number of aryl methyl sites for hydroxylation is 1. The van der Waals surface area contributed by atoms with E-state index in [9.17, 15) is 14.4 Å². The Bertz CT molecular complexity index is 953. The summed E-state index contributed by atoms with van der Waals surface area (Å²) in [5.41, 5.74) is 1.97. The highest BCUT2D eigenvalue weighted by Crippen LogP contribution is 2.25. The van der Waals surface area contributed by atoms with Gasteiger partial charge < -0.3 is 10.2 Å². The number of hydrogen-bond donors (Lipinski definition) is 2. The molecule has 2 saturated heterocycles. The maximum absolute atomic E-state index is 12.5. The summed E-state index contributed by atoms with van der Waals surface area (Å²) >= 11 is 1.36. The molecular formula is C20H24N6O3S. The third-order valence-corrected chi connectivity index (χ3v) is 6.11. The first-order valence-electron chi connectivity index (χ1n) is 10.0. The Balaban J connectivity index is 1.57. The molecule has 0 bridgehead atoms. The van der Waals surface area contributed by atoms with Gasteiger partial charge in [-0.3, -0.25) is 19.5 Å². The van der Waals surface area contributed by atoms with Gasteiger partial charge in [0.2, 0.25) is 11.8 Å². The topological polar surface area (TPSA) is 109 Å². The second-order valence-electron chi connectivity index (χ2n) is 7.58. The Morgan fingerprint density at radius 2 is 2.03 bits per heavy atom. The van der Waals surface area contributed by atoms with Gasteiger partial charge in [0.15, 0.2) is 5.16 Å². The van der Waals surface area contributed by atoms with Crippen molar-refractivity contribution in [2.45, 2.75) is 43.8 Å². The molecular weight excluding hydrogens is 404 g/mol. The Labute approximate surface area is 178 Å². The molecule has 9 nitrogen and oxygen atoms in total. The predicted molar refractivity (Wildman–Crippen MR) is 111 cm³/mol. The van der Waals surface area contributed by atoms with Crippen LogP contribution in [0.2, 0.25) is 0 Å². The number of urea groups is 1. The first-order valence-corrected chi connectivity index (χ1v) is 11.0. The maximum atomic E-state index is 12.5. The molecule has 4 rings (SSSR count). The lowest BCUT2D eigenvalue weighted by Gasteiger charge is -2.23. The van der Waals surface area contributed by atoms with E-state index in [-0.39, 0.29) is 24.3 Å². The molecule has 0 aliphatic carbocycles. The van der Waals surface area contributed by atoms with E-state index in [1.54, 1.807) is 0 Å². The van der Waals surface area contributed by atoms with Gasteiger partial charge in [-0.2, -0.15) is 0 Å². The number of hydrogen-bond acceptors (Lipinski definition) is 6. The number of benzene rings is 1. The van der Waals surface area contributed by atoms with Crippen molar-refractivity contribution in [2.24, 2.45) is 0 Å². The molecule has 1 unspecified atom stereocenters. The van der Waals surface area contributed by atoms with Crippen LogP contribution in [0.15, 0.2) is 29.4 Å². The van der Waals surface area contributed by atoms with Crippen LogP contribution in [0.4, 0.5) is 4.79 Å². The molecule has 158 valence electrons. The fourth-order valence-electron chi connectivity index (χ4n) is 3.75. The average Bonchev–Trinajstić information content (AvgIpc) is 3.35. The van der Waals surface area contributed by atoms with Crippen LogP contribution in [-0.2, 0) is 16.0 Å². The molecule has 0 radical (unpaired) electrons. The minimum atomic E-state index is -0.497. The summed E-state index contributed by atoms with van der Waals surface area (Å²) in [6, 6.07) is 7.08. The summed E-state index contributed by atoms with van der Waals surface area (Å²) in [5, 5.41) is 14.3. The highest BCUT2D eigenvalue weighted by atomic mass is 32.2. The Morgan fingerprint density at radius 1 is 1.23 bits per heavy atom. The van der Waals surface area contributed by atoms with Crippen LogP contribution in [0, 0.1) is 6.92 Å². The van der Waals surface area contributed by atoms with Gasteiger partial charge in [0.25, 0.3) is 0 Å². The van der Waals surface area contributed by atoms with Crippen LogP contribution < -0.4 is 10.6 Å². The zero-order valence-corrected chi connectivity index (χ0v) is 17.6. The van der Waals surface area contributed by atoms with Crippen molar-refractivity contribution in [3.63, 3.8) is 0 Å². The highest BCUT2D eigenvalue weighted by molar-refractivity contribution is 7.99. The predicted octanol–water partition coefficient (Wildman–Crippen LogP) is 1.43. The standard InChI is InChI=1S/C20H24N6O3S/c1-13-5-4-6-15(9-13)26-16(10-14-11-17(27)22-19(29)21-14)23-24-20(26)30-12-18(28)25-7-2-3-8-25/h4-6,9,14H,2-3,7-8,10-12H2,1H3,(H2,21,22,27,29). The van der Waals surface area contributed by atoms with E-state index in [2.05, 4.69) is 20.8 Å². The summed E-state index contributed by atoms with van der Waals surface area (Å²) in [7, 11) is 0. The number of imide groups is 1. The molecule has 2 aromatic rings. The quantitative estimate of drug-likeness (QED) is 0.674. The zero-order valence-electron chi connectivity index (χ0n) is 16.8. The highest BCUT2D eigenvalue weighted by Gasteiger charge is 2.27. The van der Waals surface area contributed by atoms with Gasteiger partial charge in [0, 0.05) is 37.7 Å². The molecule has 1 aromatic heterocycles. The van der Waals surface area contributed by atoms with Crippen LogP contribution in [0.3, 0.4) is 0 Å². The molecule has 2 aliphatic rings. The van der Waals surface area contributed by atoms with E-state index in [4.69, 9.17) is 0 Å². The van der Waals surface area contributed by atoms with Crippen LogP contribution in [0.5, 0.6) is 0 Å². The molecule has 10 heteroatoms. The van der Waals surface area contributed by atoms with E-state index in [1.165, 1.54) is 11.8 Å². The average molecular weight is 429 g/mol. The number of nitrogens with zero attached hydrogens (tertiary/aromatic N) is 4. The molecule has 1 atom stereocenters. The molecule has 2 aliphatic heterocycles. The van der Waals surface area contributed by atoms with Gasteiger partial charge in [-0.1, -0.05) is 23.9 Å². The van der Waals surface area contributed by atoms with Gasteiger partial charge in [0.05, 0.1) is 5.75 Å². The molecule has 1 aromatic carbocycles. The van der Waals surface area contributed by atoms with E-state index < -0.39 is 6.03 Å². The van der Waals surface area contributed by atoms with Crippen LogP contribution >= 0.6 is 11.8 Å². The maximum Gasteiger partial charge on any atom is 0.321 e. The number of amides is 4. The number of carbonyl (C=O) groups excluding carboxylic acids is 3. The number of nitrogens with one attached hydrogen (secondary N) is 2. The fraction of sp³-hybridized carbons (Fsp3) is 0.450. The van der Waals surface area contributed by atoms with E-state index in [0.717, 1.165) is 37.2 Å². The second kappa shape index (κ2) is 8.86. The van der Waals surface area contributed by atoms with Gasteiger partial charge >= 0.3 is 6.03 Å². The third kappa shape index (κ3) is 4.64. The van der Waals surface area contributed by atoms with E-state index >= 15 is 0 Å². The van der Waals surface area contributed by atoms with E-state index in [0.29, 0.717) is 23.2 Å². The lowest BCUT2D eigenvalue weighted by Crippen LogP contribution is -2.53. The fourth-order valence-corrected chi connectivity index (χ4v) is 4.63. The van der Waals surface area contributed by atoms with Crippen LogP contribution in [-0.4, -0.2) is 62.4 Å². The third-order valence-electron chi connectivity index (χ3n) is 5.19. The lowest BCUT2D eigenvalue weighted by atomic mass is 10.1. The Kier molecular flexibility index (Phi) is 6.03. The van der Waals surface area contributed by atoms with Crippen LogP contribution in [0.1, 0.15) is 30.7 Å². The summed E-state index contributed by atoms with van der Waals surface area (Å²) in [5.74, 6) is 0.731. The van der Waals surface area contributed by atoms with Crippen molar-refractivity contribution in [3.05, 3.63) is 35.7 Å². The Morgan fingerprint density at radius 3 is 2.77 bits per heavy atom. The largest absolute Gasteiger partial charge is 0.342 e. The molecule has 30 heavy (non-hydrogen) atoms. The summed E-state index contributed by atoms with van der Waals surface area (Å²) in [4.78, 5) is 37.7. The molecule has 0 spiro atoms. The molecule has 2 fully saturated rings. The zero-order chi connectivity index (χ0) is 21.1. The van der Waals surface area contributed by atoms with Crippen molar-refractivity contribution in [2.75, 3.05) is 18.8 Å². The molecule has 2 N–H and O–H groups in total. The number of carbonyl (C=O) groups is 3. The van der Waals surface area contributed by atoms with Gasteiger partial charge in [-0.25, -0.2) is 4.79 Å². The van der Waals surface area contributed by atoms with Gasteiger partial charge in [0.1, 0.15) is 5.82 Å². The monoisotopic (exact) mass is 428 g/mol. The van der Waals surface area contributed by atoms with Crippen LogP contribution in [0.25, 0.3) is 5.69 Å². The minimum absolute atomic E-state index is 0.106. The van der Waals surface area contributed by atoms with Gasteiger partial charge in [-0.15, -0.1) is 10.2 Å². The van der Waals surface area contributed by atoms with Crippen molar-refractivity contribution < 1.29 is 14.4 Å². The Hall–Kier alpha value is -2.88. The summed E-state index contributed by atoms with van der Waals surface area (Å²) < 4.78 is 1.91. The smallest absolute Gasteiger partial charge is 0.321 e. The lowest BCUT2D eigenvalue weighted by molar-refractivity contribution is -0.127. The van der Waals surface area contributed by atoms with Crippen molar-refractivity contribution in [1.82, 2.24) is 30.3 Å². The number of rotatable bonds is 6. The van der Waals surface area contributed by atoms with Gasteiger partial charge in [-0.05, 0) is 37.5 Å². The first-order chi connectivity index (χ1) is 14.5. The molecule has 3 heterocycles. The summed E-state index contributed by atoms with van der Waals surface area (Å²) in [6.07, 6.45) is 2.66.